The summed E-state index contributed by atoms with van der Waals surface area (Å²) in [6, 6.07) is -0.211. The van der Waals surface area contributed by atoms with Crippen LogP contribution in [0.1, 0.15) is 20.3 Å². The van der Waals surface area contributed by atoms with Crippen molar-refractivity contribution in [2.24, 2.45) is 16.6 Å². The summed E-state index contributed by atoms with van der Waals surface area (Å²) in [6.07, 6.45) is -0.338. The van der Waals surface area contributed by atoms with Gasteiger partial charge in [0.25, 0.3) is 0 Å². The third-order valence-corrected chi connectivity index (χ3v) is 2.65. The molecule has 1 rings (SSSR count). The van der Waals surface area contributed by atoms with Gasteiger partial charge in [0.15, 0.2) is 5.96 Å². The number of aliphatic hydroxyl groups is 2. The van der Waals surface area contributed by atoms with Gasteiger partial charge in [0, 0.05) is 6.54 Å². The number of aliphatic hydroxyl groups excluding tert-OH is 2. The van der Waals surface area contributed by atoms with E-state index in [1.807, 2.05) is 0 Å². The average Bonchev–Trinajstić information content (AvgIpc) is 2.29. The molecule has 0 saturated carbocycles. The largest absolute Gasteiger partial charge is 0.394 e. The molecular weight excluding hydrogens is 222 g/mol. The van der Waals surface area contributed by atoms with E-state index in [2.05, 4.69) is 24.2 Å². The maximum absolute atomic E-state index is 9.73. The summed E-state index contributed by atoms with van der Waals surface area (Å²) in [5.74, 6) is 0.779. The second-order valence-electron chi connectivity index (χ2n) is 4.81. The lowest BCUT2D eigenvalue weighted by Gasteiger charge is -2.33. The third-order valence-electron chi connectivity index (χ3n) is 2.65. The summed E-state index contributed by atoms with van der Waals surface area (Å²) in [6.45, 7) is 4.93. The molecule has 0 radical (unpaired) electrons. The molecule has 1 saturated heterocycles. The molecule has 0 spiro atoms. The molecule has 6 heteroatoms. The van der Waals surface area contributed by atoms with Crippen molar-refractivity contribution in [1.29, 1.82) is 0 Å². The zero-order valence-corrected chi connectivity index (χ0v) is 10.5. The topological polar surface area (TPSA) is 100 Å². The Morgan fingerprint density at radius 1 is 1.59 bits per heavy atom. The van der Waals surface area contributed by atoms with E-state index in [4.69, 9.17) is 15.6 Å². The van der Waals surface area contributed by atoms with Crippen molar-refractivity contribution in [3.63, 3.8) is 0 Å². The van der Waals surface area contributed by atoms with Gasteiger partial charge in [0.1, 0.15) is 0 Å². The summed E-state index contributed by atoms with van der Waals surface area (Å²) in [4.78, 5) is 4.17. The first kappa shape index (κ1) is 14.2. The first-order valence-electron chi connectivity index (χ1n) is 6.00. The molecule has 0 aliphatic carbocycles. The van der Waals surface area contributed by atoms with Gasteiger partial charge in [0.05, 0.1) is 31.5 Å². The minimum absolute atomic E-state index is 0.0477. The van der Waals surface area contributed by atoms with E-state index in [0.29, 0.717) is 24.8 Å². The number of rotatable bonds is 4. The Bertz CT molecular complexity index is 258. The Hall–Kier alpha value is -0.850. The van der Waals surface area contributed by atoms with Gasteiger partial charge in [-0.2, -0.15) is 0 Å². The van der Waals surface area contributed by atoms with E-state index in [-0.39, 0.29) is 25.4 Å². The molecule has 100 valence electrons. The van der Waals surface area contributed by atoms with Crippen molar-refractivity contribution >= 4 is 5.96 Å². The van der Waals surface area contributed by atoms with Gasteiger partial charge in [-0.25, -0.2) is 0 Å². The van der Waals surface area contributed by atoms with E-state index in [1.54, 1.807) is 0 Å². The predicted molar refractivity (Wildman–Crippen MR) is 65.7 cm³/mol. The Morgan fingerprint density at radius 2 is 2.29 bits per heavy atom. The van der Waals surface area contributed by atoms with Crippen LogP contribution in [0.25, 0.3) is 0 Å². The van der Waals surface area contributed by atoms with Crippen molar-refractivity contribution in [2.45, 2.75) is 38.5 Å². The van der Waals surface area contributed by atoms with Gasteiger partial charge in [-0.1, -0.05) is 13.8 Å². The SMILES string of the molecule is CC(C)CN=C(N)NC1CC(CO)OCC1O. The van der Waals surface area contributed by atoms with Crippen LogP contribution in [0.15, 0.2) is 4.99 Å². The highest BCUT2D eigenvalue weighted by Gasteiger charge is 2.29. The number of guanidine groups is 1. The highest BCUT2D eigenvalue weighted by molar-refractivity contribution is 5.78. The van der Waals surface area contributed by atoms with Gasteiger partial charge < -0.3 is 26.0 Å². The zero-order chi connectivity index (χ0) is 12.8. The lowest BCUT2D eigenvalue weighted by atomic mass is 10.0. The number of nitrogens with two attached hydrogens (primary N) is 1. The Balaban J connectivity index is 2.45. The smallest absolute Gasteiger partial charge is 0.188 e. The van der Waals surface area contributed by atoms with E-state index < -0.39 is 6.10 Å². The van der Waals surface area contributed by atoms with E-state index in [1.165, 1.54) is 0 Å². The normalized spacial score (nSPS) is 30.6. The van der Waals surface area contributed by atoms with Crippen LogP contribution in [0.4, 0.5) is 0 Å². The van der Waals surface area contributed by atoms with Crippen LogP contribution in [-0.2, 0) is 4.74 Å². The number of nitrogens with one attached hydrogen (secondary N) is 1. The van der Waals surface area contributed by atoms with Gasteiger partial charge >= 0.3 is 0 Å². The zero-order valence-electron chi connectivity index (χ0n) is 10.5. The van der Waals surface area contributed by atoms with E-state index >= 15 is 0 Å². The van der Waals surface area contributed by atoms with E-state index in [0.717, 1.165) is 0 Å². The molecule has 5 N–H and O–H groups in total. The number of ether oxygens (including phenoxy) is 1. The van der Waals surface area contributed by atoms with Crippen molar-refractivity contribution in [3.05, 3.63) is 0 Å². The molecule has 1 fully saturated rings. The van der Waals surface area contributed by atoms with E-state index in [9.17, 15) is 5.11 Å². The number of hydrogen-bond acceptors (Lipinski definition) is 4. The molecule has 6 nitrogen and oxygen atoms in total. The minimum Gasteiger partial charge on any atom is -0.394 e. The predicted octanol–water partition coefficient (Wildman–Crippen LogP) is -0.943. The highest BCUT2D eigenvalue weighted by atomic mass is 16.5. The summed E-state index contributed by atoms with van der Waals surface area (Å²) in [7, 11) is 0. The molecule has 3 atom stereocenters. The average molecular weight is 245 g/mol. The molecule has 0 aromatic heterocycles. The molecule has 1 heterocycles. The fraction of sp³-hybridized carbons (Fsp3) is 0.909. The molecule has 1 aliphatic rings. The summed E-state index contributed by atoms with van der Waals surface area (Å²) in [5.41, 5.74) is 5.73. The maximum Gasteiger partial charge on any atom is 0.188 e. The Morgan fingerprint density at radius 3 is 2.88 bits per heavy atom. The molecule has 0 aromatic rings. The lowest BCUT2D eigenvalue weighted by Crippen LogP contribution is -2.53. The summed E-state index contributed by atoms with van der Waals surface area (Å²) < 4.78 is 5.23. The molecule has 17 heavy (non-hydrogen) atoms. The maximum atomic E-state index is 9.73. The first-order valence-corrected chi connectivity index (χ1v) is 6.00. The highest BCUT2D eigenvalue weighted by Crippen LogP contribution is 2.13. The third kappa shape index (κ3) is 4.89. The van der Waals surface area contributed by atoms with Crippen molar-refractivity contribution in [3.8, 4) is 0 Å². The molecule has 3 unspecified atom stereocenters. The van der Waals surface area contributed by atoms with Crippen LogP contribution in [-0.4, -0.2) is 54.2 Å². The minimum atomic E-state index is -0.620. The molecule has 0 amide bonds. The van der Waals surface area contributed by atoms with Crippen molar-refractivity contribution in [1.82, 2.24) is 5.32 Å². The number of hydrogen-bond donors (Lipinski definition) is 4. The standard InChI is InChI=1S/C11H23N3O3/c1-7(2)4-13-11(12)14-9-3-8(5-15)17-6-10(9)16/h7-10,15-16H,3-6H2,1-2H3,(H3,12,13,14). The van der Waals surface area contributed by atoms with Gasteiger partial charge in [-0.05, 0) is 12.3 Å². The fourth-order valence-electron chi connectivity index (χ4n) is 1.66. The monoisotopic (exact) mass is 245 g/mol. The second-order valence-corrected chi connectivity index (χ2v) is 4.81. The number of nitrogens with zero attached hydrogens (tertiary/aromatic N) is 1. The molecule has 0 aromatic carbocycles. The Kier molecular flexibility index (Phi) is 5.67. The lowest BCUT2D eigenvalue weighted by molar-refractivity contribution is -0.0863. The summed E-state index contributed by atoms with van der Waals surface area (Å²) in [5, 5.41) is 21.7. The number of aliphatic imine (C=N–C) groups is 1. The molecule has 1 aliphatic heterocycles. The van der Waals surface area contributed by atoms with Gasteiger partial charge in [0.2, 0.25) is 0 Å². The van der Waals surface area contributed by atoms with Crippen LogP contribution in [0.5, 0.6) is 0 Å². The van der Waals surface area contributed by atoms with Crippen LogP contribution in [0.3, 0.4) is 0 Å². The van der Waals surface area contributed by atoms with Crippen LogP contribution >= 0.6 is 0 Å². The molecular formula is C11H23N3O3. The quantitative estimate of drug-likeness (QED) is 0.378. The fourth-order valence-corrected chi connectivity index (χ4v) is 1.66. The van der Waals surface area contributed by atoms with Crippen molar-refractivity contribution < 1.29 is 14.9 Å². The van der Waals surface area contributed by atoms with Gasteiger partial charge in [-0.3, -0.25) is 4.99 Å². The first-order chi connectivity index (χ1) is 8.02. The van der Waals surface area contributed by atoms with Crippen LogP contribution in [0, 0.1) is 5.92 Å². The van der Waals surface area contributed by atoms with Crippen LogP contribution < -0.4 is 11.1 Å². The van der Waals surface area contributed by atoms with Gasteiger partial charge in [-0.15, -0.1) is 0 Å². The molecule has 0 bridgehead atoms. The second kappa shape index (κ2) is 6.78. The van der Waals surface area contributed by atoms with Crippen LogP contribution in [0.2, 0.25) is 0 Å². The Labute approximate surface area is 102 Å². The summed E-state index contributed by atoms with van der Waals surface area (Å²) >= 11 is 0. The van der Waals surface area contributed by atoms with Crippen molar-refractivity contribution in [2.75, 3.05) is 19.8 Å².